The lowest BCUT2D eigenvalue weighted by molar-refractivity contribution is 0.0700. The molecule has 0 spiro atoms. The van der Waals surface area contributed by atoms with Crippen molar-refractivity contribution >= 4 is 16.9 Å². The molecule has 0 atom stereocenters. The standard InChI is InChI=1S/C19H41NO3Si2/c1-8-12-15-20(16-13-18-24(5,6)7)17-14-19-25(21-9-2,22-10-3)23-11-4/h8-12,14-17,19H2,1-7H3. The van der Waals surface area contributed by atoms with Crippen LogP contribution in [0.4, 0.5) is 0 Å². The predicted octanol–water partition coefficient (Wildman–Crippen LogP) is 4.41. The highest BCUT2D eigenvalue weighted by atomic mass is 28.4. The van der Waals surface area contributed by atoms with E-state index in [4.69, 9.17) is 13.3 Å². The van der Waals surface area contributed by atoms with Crippen LogP contribution in [-0.2, 0) is 13.3 Å². The Bertz CT molecular complexity index is 371. The Morgan fingerprint density at radius 1 is 0.800 bits per heavy atom. The highest BCUT2D eigenvalue weighted by molar-refractivity contribution is 6.83. The molecule has 0 radical (unpaired) electrons. The highest BCUT2D eigenvalue weighted by Crippen LogP contribution is 2.18. The molecule has 0 amide bonds. The van der Waals surface area contributed by atoms with Gasteiger partial charge in [0.1, 0.15) is 8.07 Å². The normalized spacial score (nSPS) is 12.3. The van der Waals surface area contributed by atoms with Gasteiger partial charge < -0.3 is 13.3 Å². The van der Waals surface area contributed by atoms with Crippen molar-refractivity contribution < 1.29 is 13.3 Å². The molecule has 0 aromatic heterocycles. The van der Waals surface area contributed by atoms with Crippen molar-refractivity contribution in [3.8, 4) is 11.5 Å². The van der Waals surface area contributed by atoms with Gasteiger partial charge in [0, 0.05) is 25.9 Å². The van der Waals surface area contributed by atoms with Crippen molar-refractivity contribution in [2.24, 2.45) is 0 Å². The Labute approximate surface area is 159 Å². The highest BCUT2D eigenvalue weighted by Gasteiger charge is 2.39. The summed E-state index contributed by atoms with van der Waals surface area (Å²) in [6, 6.07) is 0.882. The molecule has 0 saturated carbocycles. The van der Waals surface area contributed by atoms with Crippen molar-refractivity contribution in [3.05, 3.63) is 0 Å². The van der Waals surface area contributed by atoms with Crippen molar-refractivity contribution in [3.63, 3.8) is 0 Å². The molecule has 0 saturated heterocycles. The van der Waals surface area contributed by atoms with Crippen LogP contribution in [0.5, 0.6) is 0 Å². The lowest BCUT2D eigenvalue weighted by Gasteiger charge is -2.29. The second kappa shape index (κ2) is 14.0. The van der Waals surface area contributed by atoms with E-state index in [1.54, 1.807) is 0 Å². The van der Waals surface area contributed by atoms with E-state index in [1.807, 2.05) is 20.8 Å². The summed E-state index contributed by atoms with van der Waals surface area (Å²) in [6.45, 7) is 20.1. The number of hydrogen-bond acceptors (Lipinski definition) is 4. The third-order valence-electron chi connectivity index (χ3n) is 3.64. The average Bonchev–Trinajstić information content (AvgIpc) is 2.51. The maximum absolute atomic E-state index is 5.95. The van der Waals surface area contributed by atoms with Crippen LogP contribution in [0, 0.1) is 11.5 Å². The molecular formula is C19H41NO3Si2. The van der Waals surface area contributed by atoms with Gasteiger partial charge in [-0.15, -0.1) is 5.54 Å². The van der Waals surface area contributed by atoms with Gasteiger partial charge in [-0.3, -0.25) is 4.90 Å². The summed E-state index contributed by atoms with van der Waals surface area (Å²) in [7, 11) is -3.80. The quantitative estimate of drug-likeness (QED) is 0.326. The SMILES string of the molecule is CCCCN(CC#C[Si](C)(C)C)CCC[Si](OCC)(OCC)OCC. The maximum Gasteiger partial charge on any atom is 0.500 e. The van der Waals surface area contributed by atoms with Gasteiger partial charge in [-0.05, 0) is 46.7 Å². The lowest BCUT2D eigenvalue weighted by atomic mass is 10.3. The summed E-state index contributed by atoms with van der Waals surface area (Å²) >= 11 is 0. The van der Waals surface area contributed by atoms with Gasteiger partial charge in [0.2, 0.25) is 0 Å². The first-order chi connectivity index (χ1) is 11.8. The molecule has 0 N–H and O–H groups in total. The summed E-state index contributed by atoms with van der Waals surface area (Å²) < 4.78 is 17.9. The molecule has 0 aliphatic heterocycles. The molecule has 6 heteroatoms. The van der Waals surface area contributed by atoms with Gasteiger partial charge in [0.05, 0.1) is 6.54 Å². The number of nitrogens with zero attached hydrogens (tertiary/aromatic N) is 1. The summed E-state index contributed by atoms with van der Waals surface area (Å²) in [6.07, 6.45) is 3.47. The van der Waals surface area contributed by atoms with Crippen molar-refractivity contribution in [1.82, 2.24) is 4.90 Å². The number of hydrogen-bond donors (Lipinski definition) is 0. The molecule has 0 aliphatic rings. The zero-order valence-corrected chi connectivity index (χ0v) is 19.7. The molecule has 0 aliphatic carbocycles. The first-order valence-electron chi connectivity index (χ1n) is 9.96. The van der Waals surface area contributed by atoms with Crippen LogP contribution in [0.2, 0.25) is 25.7 Å². The zero-order chi connectivity index (χ0) is 19.2. The Morgan fingerprint density at radius 2 is 1.32 bits per heavy atom. The summed E-state index contributed by atoms with van der Waals surface area (Å²) in [5.74, 6) is 3.41. The topological polar surface area (TPSA) is 30.9 Å². The first kappa shape index (κ1) is 24.8. The molecule has 4 nitrogen and oxygen atoms in total. The van der Waals surface area contributed by atoms with E-state index < -0.39 is 16.9 Å². The van der Waals surface area contributed by atoms with E-state index in [1.165, 1.54) is 12.8 Å². The van der Waals surface area contributed by atoms with Crippen LogP contribution >= 0.6 is 0 Å². The van der Waals surface area contributed by atoms with Gasteiger partial charge in [-0.25, -0.2) is 0 Å². The molecule has 0 aromatic carbocycles. The van der Waals surface area contributed by atoms with E-state index in [0.29, 0.717) is 19.8 Å². The molecule has 148 valence electrons. The fourth-order valence-corrected chi connectivity index (χ4v) is 5.79. The van der Waals surface area contributed by atoms with Crippen LogP contribution < -0.4 is 0 Å². The zero-order valence-electron chi connectivity index (χ0n) is 17.7. The van der Waals surface area contributed by atoms with E-state index in [9.17, 15) is 0 Å². The van der Waals surface area contributed by atoms with Gasteiger partial charge in [-0.2, -0.15) is 0 Å². The van der Waals surface area contributed by atoms with Gasteiger partial charge in [-0.1, -0.05) is 38.9 Å². The molecule has 0 heterocycles. The van der Waals surface area contributed by atoms with Gasteiger partial charge in [0.15, 0.2) is 0 Å². The maximum atomic E-state index is 5.95. The third kappa shape index (κ3) is 12.8. The van der Waals surface area contributed by atoms with Crippen LogP contribution in [0.3, 0.4) is 0 Å². The molecule has 0 aromatic rings. The molecule has 0 unspecified atom stereocenters. The monoisotopic (exact) mass is 387 g/mol. The van der Waals surface area contributed by atoms with Gasteiger partial charge in [0.25, 0.3) is 0 Å². The largest absolute Gasteiger partial charge is 0.500 e. The smallest absolute Gasteiger partial charge is 0.374 e. The summed E-state index contributed by atoms with van der Waals surface area (Å²) in [5, 5.41) is 0. The Balaban J connectivity index is 4.68. The minimum Gasteiger partial charge on any atom is -0.374 e. The Morgan fingerprint density at radius 3 is 1.76 bits per heavy atom. The Kier molecular flexibility index (Phi) is 13.9. The van der Waals surface area contributed by atoms with E-state index >= 15 is 0 Å². The van der Waals surface area contributed by atoms with Crippen LogP contribution in [0.15, 0.2) is 0 Å². The van der Waals surface area contributed by atoms with E-state index in [-0.39, 0.29) is 0 Å². The summed E-state index contributed by atoms with van der Waals surface area (Å²) in [5.41, 5.74) is 3.48. The minimum absolute atomic E-state index is 0.646. The Hall–Kier alpha value is -0.166. The van der Waals surface area contributed by atoms with Gasteiger partial charge >= 0.3 is 8.80 Å². The molecular weight excluding hydrogens is 346 g/mol. The summed E-state index contributed by atoms with van der Waals surface area (Å²) in [4.78, 5) is 2.47. The van der Waals surface area contributed by atoms with Crippen molar-refractivity contribution in [1.29, 1.82) is 0 Å². The second-order valence-corrected chi connectivity index (χ2v) is 14.7. The lowest BCUT2D eigenvalue weighted by Crippen LogP contribution is -2.46. The fourth-order valence-electron chi connectivity index (χ4n) is 2.59. The third-order valence-corrected chi connectivity index (χ3v) is 7.72. The van der Waals surface area contributed by atoms with Crippen LogP contribution in [-0.4, -0.2) is 61.2 Å². The van der Waals surface area contributed by atoms with Crippen LogP contribution in [0.1, 0.15) is 47.0 Å². The minimum atomic E-state index is -2.51. The molecule has 0 fully saturated rings. The average molecular weight is 388 g/mol. The van der Waals surface area contributed by atoms with Crippen molar-refractivity contribution in [2.45, 2.75) is 72.6 Å². The van der Waals surface area contributed by atoms with Crippen molar-refractivity contribution in [2.75, 3.05) is 39.5 Å². The van der Waals surface area contributed by atoms with E-state index in [0.717, 1.165) is 32.1 Å². The molecule has 25 heavy (non-hydrogen) atoms. The number of unbranched alkanes of at least 4 members (excludes halogenated alkanes) is 1. The van der Waals surface area contributed by atoms with Crippen LogP contribution in [0.25, 0.3) is 0 Å². The fraction of sp³-hybridized carbons (Fsp3) is 0.895. The molecule has 0 bridgehead atoms. The van der Waals surface area contributed by atoms with E-state index in [2.05, 4.69) is 42.9 Å². The number of rotatable bonds is 14. The second-order valence-electron chi connectivity index (χ2n) is 7.27. The predicted molar refractivity (Wildman–Crippen MR) is 113 cm³/mol. The molecule has 0 rings (SSSR count). The first-order valence-corrected chi connectivity index (χ1v) is 15.4.